The molecule has 0 bridgehead atoms. The van der Waals surface area contributed by atoms with Gasteiger partial charge < -0.3 is 10.4 Å². The lowest BCUT2D eigenvalue weighted by atomic mass is 10.1. The average Bonchev–Trinajstić information content (AvgIpc) is 2.71. The van der Waals surface area contributed by atoms with Gasteiger partial charge in [0, 0.05) is 31.1 Å². The highest BCUT2D eigenvalue weighted by Gasteiger charge is 2.34. The Morgan fingerprint density at radius 2 is 1.79 bits per heavy atom. The van der Waals surface area contributed by atoms with Crippen LogP contribution in [0, 0.1) is 0 Å². The summed E-state index contributed by atoms with van der Waals surface area (Å²) in [5.41, 5.74) is 1.78. The Morgan fingerprint density at radius 3 is 2.43 bits per heavy atom. The second kappa shape index (κ2) is 8.79. The van der Waals surface area contributed by atoms with Crippen molar-refractivity contribution in [3.8, 4) is 11.3 Å². The number of halogens is 3. The van der Waals surface area contributed by atoms with Crippen LogP contribution in [0.15, 0.2) is 54.9 Å². The molecule has 3 aromatic rings. The van der Waals surface area contributed by atoms with Gasteiger partial charge in [-0.3, -0.25) is 4.98 Å². The van der Waals surface area contributed by atoms with Crippen LogP contribution in [0.25, 0.3) is 11.3 Å². The van der Waals surface area contributed by atoms with Crippen molar-refractivity contribution < 1.29 is 18.3 Å². The van der Waals surface area contributed by atoms with Crippen LogP contribution in [0.5, 0.6) is 0 Å². The van der Waals surface area contributed by atoms with E-state index in [1.807, 2.05) is 42.5 Å². The minimum absolute atomic E-state index is 0.0291. The molecule has 0 fully saturated rings. The van der Waals surface area contributed by atoms with Gasteiger partial charge in [0.2, 0.25) is 5.95 Å². The van der Waals surface area contributed by atoms with E-state index in [4.69, 9.17) is 5.11 Å². The van der Waals surface area contributed by atoms with E-state index < -0.39 is 11.7 Å². The maximum Gasteiger partial charge on any atom is 0.419 e. The van der Waals surface area contributed by atoms with E-state index >= 15 is 0 Å². The average molecular weight is 388 g/mol. The summed E-state index contributed by atoms with van der Waals surface area (Å²) in [6.45, 7) is 0.167. The molecule has 0 saturated heterocycles. The van der Waals surface area contributed by atoms with Crippen LogP contribution in [0.2, 0.25) is 0 Å². The number of hydrogen-bond donors (Lipinski definition) is 2. The second-order valence-electron chi connectivity index (χ2n) is 6.14. The summed E-state index contributed by atoms with van der Waals surface area (Å²) in [6.07, 6.45) is -1.78. The molecule has 3 rings (SSSR count). The van der Waals surface area contributed by atoms with E-state index in [1.165, 1.54) is 0 Å². The first-order chi connectivity index (χ1) is 13.5. The van der Waals surface area contributed by atoms with E-state index in [0.717, 1.165) is 23.0 Å². The van der Waals surface area contributed by atoms with Gasteiger partial charge in [0.1, 0.15) is 0 Å². The van der Waals surface area contributed by atoms with E-state index in [1.54, 1.807) is 6.20 Å². The number of aliphatic hydroxyl groups is 1. The van der Waals surface area contributed by atoms with Crippen LogP contribution in [0.4, 0.5) is 19.1 Å². The molecule has 0 atom stereocenters. The van der Waals surface area contributed by atoms with Gasteiger partial charge in [-0.05, 0) is 30.5 Å². The van der Waals surface area contributed by atoms with Crippen molar-refractivity contribution in [1.82, 2.24) is 15.0 Å². The third-order valence-corrected chi connectivity index (χ3v) is 4.11. The number of aryl methyl sites for hydroxylation is 1. The Bertz CT molecular complexity index is 900. The van der Waals surface area contributed by atoms with Gasteiger partial charge in [0.05, 0.1) is 17.0 Å². The predicted octanol–water partition coefficient (Wildman–Crippen LogP) is 4.09. The molecule has 8 heteroatoms. The molecule has 5 nitrogen and oxygen atoms in total. The van der Waals surface area contributed by atoms with Gasteiger partial charge in [-0.25, -0.2) is 9.97 Å². The Hall–Kier alpha value is -3.00. The molecule has 2 aromatic heterocycles. The summed E-state index contributed by atoms with van der Waals surface area (Å²) >= 11 is 0. The summed E-state index contributed by atoms with van der Waals surface area (Å²) in [7, 11) is 0. The molecule has 2 N–H and O–H groups in total. The van der Waals surface area contributed by atoms with Crippen LogP contribution in [-0.4, -0.2) is 26.7 Å². The molecule has 0 aliphatic carbocycles. The SMILES string of the molecule is OCCCc1nc(NCc2ccc(-c3ccccn3)cc2)ncc1C(F)(F)F. The number of rotatable bonds is 7. The molecule has 0 saturated carbocycles. The highest BCUT2D eigenvalue weighted by atomic mass is 19.4. The van der Waals surface area contributed by atoms with Crippen LogP contribution < -0.4 is 5.32 Å². The van der Waals surface area contributed by atoms with Gasteiger partial charge in [0.15, 0.2) is 0 Å². The van der Waals surface area contributed by atoms with Gasteiger partial charge in [-0.2, -0.15) is 13.2 Å². The minimum Gasteiger partial charge on any atom is -0.396 e. The van der Waals surface area contributed by atoms with Crippen molar-refractivity contribution >= 4 is 5.95 Å². The van der Waals surface area contributed by atoms with Gasteiger partial charge in [-0.1, -0.05) is 30.3 Å². The third-order valence-electron chi connectivity index (χ3n) is 4.11. The number of benzene rings is 1. The van der Waals surface area contributed by atoms with E-state index in [-0.39, 0.29) is 31.1 Å². The fourth-order valence-corrected chi connectivity index (χ4v) is 2.68. The zero-order chi connectivity index (χ0) is 20.0. The summed E-state index contributed by atoms with van der Waals surface area (Å²) < 4.78 is 39.2. The smallest absolute Gasteiger partial charge is 0.396 e. The number of anilines is 1. The quantitative estimate of drug-likeness (QED) is 0.638. The number of nitrogens with zero attached hydrogens (tertiary/aromatic N) is 3. The number of hydrogen-bond acceptors (Lipinski definition) is 5. The van der Waals surface area contributed by atoms with Crippen LogP contribution in [-0.2, 0) is 19.1 Å². The minimum atomic E-state index is -4.52. The number of alkyl halides is 3. The molecular formula is C20H19F3N4O. The fraction of sp³-hybridized carbons (Fsp3) is 0.250. The third kappa shape index (κ3) is 5.04. The highest BCUT2D eigenvalue weighted by molar-refractivity contribution is 5.59. The van der Waals surface area contributed by atoms with Crippen molar-refractivity contribution in [2.24, 2.45) is 0 Å². The standard InChI is InChI=1S/C20H19F3N4O/c21-20(22,23)16-13-26-19(27-18(16)5-3-11-28)25-12-14-6-8-15(9-7-14)17-4-1-2-10-24-17/h1-2,4,6-10,13,28H,3,5,11-12H2,(H,25,26,27). The molecule has 28 heavy (non-hydrogen) atoms. The van der Waals surface area contributed by atoms with E-state index in [9.17, 15) is 13.2 Å². The van der Waals surface area contributed by atoms with E-state index in [2.05, 4.69) is 20.3 Å². The molecule has 1 aromatic carbocycles. The lowest BCUT2D eigenvalue weighted by Crippen LogP contribution is -2.14. The highest BCUT2D eigenvalue weighted by Crippen LogP contribution is 2.31. The lowest BCUT2D eigenvalue weighted by molar-refractivity contribution is -0.138. The molecule has 0 radical (unpaired) electrons. The van der Waals surface area contributed by atoms with Crippen molar-refractivity contribution in [3.05, 3.63) is 71.7 Å². The maximum absolute atomic E-state index is 13.1. The molecule has 2 heterocycles. The zero-order valence-electron chi connectivity index (χ0n) is 14.9. The topological polar surface area (TPSA) is 70.9 Å². The summed E-state index contributed by atoms with van der Waals surface area (Å²) in [5, 5.41) is 11.9. The first kappa shape index (κ1) is 19.8. The Labute approximate surface area is 160 Å². The van der Waals surface area contributed by atoms with Crippen molar-refractivity contribution in [2.45, 2.75) is 25.6 Å². The zero-order valence-corrected chi connectivity index (χ0v) is 14.9. The first-order valence-electron chi connectivity index (χ1n) is 8.75. The van der Waals surface area contributed by atoms with Crippen molar-refractivity contribution in [2.75, 3.05) is 11.9 Å². The number of nitrogens with one attached hydrogen (secondary N) is 1. The Morgan fingerprint density at radius 1 is 1.00 bits per heavy atom. The van der Waals surface area contributed by atoms with Gasteiger partial charge in [0.25, 0.3) is 0 Å². The molecule has 0 amide bonds. The number of pyridine rings is 1. The summed E-state index contributed by atoms with van der Waals surface area (Å²) in [6, 6.07) is 13.4. The van der Waals surface area contributed by atoms with Crippen LogP contribution >= 0.6 is 0 Å². The molecule has 0 aliphatic heterocycles. The number of aromatic nitrogens is 3. The van der Waals surface area contributed by atoms with Crippen molar-refractivity contribution in [1.29, 1.82) is 0 Å². The van der Waals surface area contributed by atoms with Crippen LogP contribution in [0.3, 0.4) is 0 Å². The normalized spacial score (nSPS) is 11.4. The maximum atomic E-state index is 13.1. The second-order valence-corrected chi connectivity index (χ2v) is 6.14. The Kier molecular flexibility index (Phi) is 6.20. The van der Waals surface area contributed by atoms with Crippen LogP contribution in [0.1, 0.15) is 23.2 Å². The van der Waals surface area contributed by atoms with Gasteiger partial charge in [-0.15, -0.1) is 0 Å². The molecular weight excluding hydrogens is 369 g/mol. The molecule has 146 valence electrons. The monoisotopic (exact) mass is 388 g/mol. The van der Waals surface area contributed by atoms with Gasteiger partial charge >= 0.3 is 6.18 Å². The predicted molar refractivity (Wildman–Crippen MR) is 99.4 cm³/mol. The Balaban J connectivity index is 1.70. The fourth-order valence-electron chi connectivity index (χ4n) is 2.68. The molecule has 0 aliphatic rings. The van der Waals surface area contributed by atoms with E-state index in [0.29, 0.717) is 6.54 Å². The largest absolute Gasteiger partial charge is 0.419 e. The number of aliphatic hydroxyl groups excluding tert-OH is 1. The summed E-state index contributed by atoms with van der Waals surface area (Å²) in [4.78, 5) is 12.1. The van der Waals surface area contributed by atoms with Crippen molar-refractivity contribution in [3.63, 3.8) is 0 Å². The molecule has 0 spiro atoms. The summed E-state index contributed by atoms with van der Waals surface area (Å²) in [5.74, 6) is 0.120. The lowest BCUT2D eigenvalue weighted by Gasteiger charge is -2.13. The molecule has 0 unspecified atom stereocenters. The first-order valence-corrected chi connectivity index (χ1v) is 8.75.